The minimum absolute atomic E-state index is 0.0628. The van der Waals surface area contributed by atoms with Gasteiger partial charge in [-0.1, -0.05) is 6.07 Å². The molecule has 1 N–H and O–H groups in total. The Hall–Kier alpha value is -2.47. The van der Waals surface area contributed by atoms with Gasteiger partial charge in [0.1, 0.15) is 18.2 Å². The van der Waals surface area contributed by atoms with E-state index in [-0.39, 0.29) is 12.4 Å². The van der Waals surface area contributed by atoms with Crippen molar-refractivity contribution in [2.75, 3.05) is 6.61 Å². The van der Waals surface area contributed by atoms with Crippen molar-refractivity contribution in [3.8, 4) is 5.75 Å². The van der Waals surface area contributed by atoms with Crippen LogP contribution in [0.1, 0.15) is 31.8 Å². The molecular weight excluding hydrogens is 379 g/mol. The highest BCUT2D eigenvalue weighted by molar-refractivity contribution is 9.10. The zero-order chi connectivity index (χ0) is 17.4. The largest absolute Gasteiger partial charge is 0.487 e. The minimum atomic E-state index is -1.36. The monoisotopic (exact) mass is 390 g/mol. The number of aromatic carboxylic acids is 1. The van der Waals surface area contributed by atoms with E-state index in [1.54, 1.807) is 6.07 Å². The molecule has 1 heterocycles. The molecule has 2 aromatic carbocycles. The summed E-state index contributed by atoms with van der Waals surface area (Å²) in [4.78, 5) is 23.7. The fourth-order valence-electron chi connectivity index (χ4n) is 2.54. The predicted molar refractivity (Wildman–Crippen MR) is 90.0 cm³/mol. The molecule has 0 unspecified atom stereocenters. The predicted octanol–water partition coefficient (Wildman–Crippen LogP) is 4.25. The molecule has 3 rings (SSSR count). The summed E-state index contributed by atoms with van der Waals surface area (Å²) in [6, 6.07) is 7.28. The number of benzene rings is 2. The van der Waals surface area contributed by atoms with Gasteiger partial charge in [-0.25, -0.2) is 9.18 Å². The molecule has 24 heavy (non-hydrogen) atoms. The van der Waals surface area contributed by atoms with E-state index < -0.39 is 17.3 Å². The van der Waals surface area contributed by atoms with E-state index >= 15 is 0 Å². The Labute approximate surface area is 145 Å². The maximum Gasteiger partial charge on any atom is 0.338 e. The standard InChI is InChI=1S/C18H12BrFO4/c1-9-4-13-16(21)11(8-24-17(13)14(19)5-9)6-10-2-3-15(20)12(7-10)18(22)23/h2-7H,8H2,1H3,(H,22,23). The van der Waals surface area contributed by atoms with Crippen molar-refractivity contribution in [1.82, 2.24) is 0 Å². The number of ether oxygens (including phenoxy) is 1. The number of aryl methyl sites for hydroxylation is 1. The van der Waals surface area contributed by atoms with Gasteiger partial charge < -0.3 is 9.84 Å². The Kier molecular flexibility index (Phi) is 4.24. The van der Waals surface area contributed by atoms with Crippen LogP contribution >= 0.6 is 15.9 Å². The molecule has 0 aromatic heterocycles. The summed E-state index contributed by atoms with van der Waals surface area (Å²) in [6.45, 7) is 1.93. The number of fused-ring (bicyclic) bond motifs is 1. The molecule has 0 fully saturated rings. The molecular formula is C18H12BrFO4. The van der Waals surface area contributed by atoms with E-state index in [2.05, 4.69) is 15.9 Å². The second-order valence-electron chi connectivity index (χ2n) is 5.46. The first-order chi connectivity index (χ1) is 11.4. The van der Waals surface area contributed by atoms with Crippen LogP contribution in [0.4, 0.5) is 4.39 Å². The normalized spacial score (nSPS) is 15.1. The van der Waals surface area contributed by atoms with Gasteiger partial charge in [0.05, 0.1) is 15.6 Å². The molecule has 0 aliphatic carbocycles. The van der Waals surface area contributed by atoms with Crippen LogP contribution in [-0.4, -0.2) is 23.5 Å². The van der Waals surface area contributed by atoms with Crippen molar-refractivity contribution in [2.45, 2.75) is 6.92 Å². The van der Waals surface area contributed by atoms with Crippen molar-refractivity contribution in [2.24, 2.45) is 0 Å². The van der Waals surface area contributed by atoms with Gasteiger partial charge in [0, 0.05) is 5.57 Å². The first-order valence-corrected chi connectivity index (χ1v) is 7.87. The zero-order valence-electron chi connectivity index (χ0n) is 12.6. The van der Waals surface area contributed by atoms with E-state index in [0.29, 0.717) is 26.9 Å². The van der Waals surface area contributed by atoms with Crippen molar-refractivity contribution >= 4 is 33.8 Å². The van der Waals surface area contributed by atoms with Crippen LogP contribution in [0.3, 0.4) is 0 Å². The summed E-state index contributed by atoms with van der Waals surface area (Å²) < 4.78 is 19.8. The molecule has 0 radical (unpaired) electrons. The number of hydrogen-bond donors (Lipinski definition) is 1. The topological polar surface area (TPSA) is 63.6 Å². The number of carboxylic acid groups (broad SMARTS) is 1. The summed E-state index contributed by atoms with van der Waals surface area (Å²) in [6.07, 6.45) is 1.52. The summed E-state index contributed by atoms with van der Waals surface area (Å²) in [7, 11) is 0. The number of halogens is 2. The van der Waals surface area contributed by atoms with E-state index in [0.717, 1.165) is 11.6 Å². The molecule has 0 saturated heterocycles. The summed E-state index contributed by atoms with van der Waals surface area (Å²) in [5, 5.41) is 8.98. The zero-order valence-corrected chi connectivity index (χ0v) is 14.2. The number of ketones is 1. The Morgan fingerprint density at radius 2 is 2.08 bits per heavy atom. The van der Waals surface area contributed by atoms with Gasteiger partial charge in [0.15, 0.2) is 5.78 Å². The van der Waals surface area contributed by atoms with Gasteiger partial charge >= 0.3 is 5.97 Å². The Morgan fingerprint density at radius 1 is 1.33 bits per heavy atom. The average molecular weight is 391 g/mol. The van der Waals surface area contributed by atoms with Gasteiger partial charge in [-0.3, -0.25) is 4.79 Å². The second-order valence-corrected chi connectivity index (χ2v) is 6.31. The summed E-state index contributed by atoms with van der Waals surface area (Å²) in [5.74, 6) is -1.88. The van der Waals surface area contributed by atoms with Crippen molar-refractivity contribution < 1.29 is 23.8 Å². The van der Waals surface area contributed by atoms with E-state index in [9.17, 15) is 14.0 Å². The molecule has 1 aliphatic rings. The summed E-state index contributed by atoms with van der Waals surface area (Å²) in [5.41, 5.74) is 1.72. The maximum atomic E-state index is 13.5. The lowest BCUT2D eigenvalue weighted by atomic mass is 9.96. The van der Waals surface area contributed by atoms with Crippen LogP contribution < -0.4 is 4.74 Å². The maximum absolute atomic E-state index is 13.5. The van der Waals surface area contributed by atoms with Crippen molar-refractivity contribution in [1.29, 1.82) is 0 Å². The van der Waals surface area contributed by atoms with E-state index in [1.807, 2.05) is 13.0 Å². The van der Waals surface area contributed by atoms with E-state index in [4.69, 9.17) is 9.84 Å². The molecule has 2 aromatic rings. The Morgan fingerprint density at radius 3 is 2.79 bits per heavy atom. The molecule has 0 atom stereocenters. The second kappa shape index (κ2) is 6.20. The first kappa shape index (κ1) is 16.4. The lowest BCUT2D eigenvalue weighted by Gasteiger charge is -2.20. The van der Waals surface area contributed by atoms with Gasteiger partial charge in [0.2, 0.25) is 0 Å². The van der Waals surface area contributed by atoms with Gasteiger partial charge in [-0.15, -0.1) is 0 Å². The average Bonchev–Trinajstić information content (AvgIpc) is 2.52. The molecule has 4 nitrogen and oxygen atoms in total. The molecule has 0 saturated carbocycles. The highest BCUT2D eigenvalue weighted by atomic mass is 79.9. The quantitative estimate of drug-likeness (QED) is 0.778. The lowest BCUT2D eigenvalue weighted by molar-refractivity contribution is 0.0691. The van der Waals surface area contributed by atoms with Crippen molar-refractivity contribution in [3.05, 3.63) is 68.4 Å². The SMILES string of the molecule is Cc1cc(Br)c2c(c1)C(=O)C(=Cc1ccc(F)c(C(=O)O)c1)CO2. The number of rotatable bonds is 2. The molecule has 0 amide bonds. The molecule has 1 aliphatic heterocycles. The van der Waals surface area contributed by atoms with Crippen LogP contribution in [0.15, 0.2) is 40.4 Å². The minimum Gasteiger partial charge on any atom is -0.487 e. The third-order valence-electron chi connectivity index (χ3n) is 3.66. The number of Topliss-reactive ketones (excluding diaryl/α,β-unsaturated/α-hetero) is 1. The lowest BCUT2D eigenvalue weighted by Crippen LogP contribution is -2.19. The Balaban J connectivity index is 2.02. The van der Waals surface area contributed by atoms with Gasteiger partial charge in [-0.2, -0.15) is 0 Å². The number of hydrogen-bond acceptors (Lipinski definition) is 3. The first-order valence-electron chi connectivity index (χ1n) is 7.08. The number of carbonyl (C=O) groups is 2. The van der Waals surface area contributed by atoms with Crippen LogP contribution in [0.5, 0.6) is 5.75 Å². The third-order valence-corrected chi connectivity index (χ3v) is 4.25. The fraction of sp³-hybridized carbons (Fsp3) is 0.111. The van der Waals surface area contributed by atoms with Crippen molar-refractivity contribution in [3.63, 3.8) is 0 Å². The Bertz CT molecular complexity index is 902. The number of carbonyl (C=O) groups excluding carboxylic acids is 1. The molecule has 6 heteroatoms. The number of carboxylic acids is 1. The smallest absolute Gasteiger partial charge is 0.338 e. The van der Waals surface area contributed by atoms with Gasteiger partial charge in [-0.05, 0) is 64.3 Å². The molecule has 0 bridgehead atoms. The third kappa shape index (κ3) is 2.97. The van der Waals surface area contributed by atoms with Crippen LogP contribution in [0.2, 0.25) is 0 Å². The highest BCUT2D eigenvalue weighted by Gasteiger charge is 2.25. The van der Waals surface area contributed by atoms with Crippen LogP contribution in [-0.2, 0) is 0 Å². The van der Waals surface area contributed by atoms with E-state index in [1.165, 1.54) is 18.2 Å². The van der Waals surface area contributed by atoms with Gasteiger partial charge in [0.25, 0.3) is 0 Å². The summed E-state index contributed by atoms with van der Waals surface area (Å²) >= 11 is 3.38. The van der Waals surface area contributed by atoms with Crippen LogP contribution in [0, 0.1) is 12.7 Å². The van der Waals surface area contributed by atoms with Crippen LogP contribution in [0.25, 0.3) is 6.08 Å². The highest BCUT2D eigenvalue weighted by Crippen LogP contribution is 2.36. The fourth-order valence-corrected chi connectivity index (χ4v) is 3.23. The molecule has 0 spiro atoms. The molecule has 122 valence electrons.